The monoisotopic (exact) mass is 361 g/mol. The Hall–Kier alpha value is -0.290. The van der Waals surface area contributed by atoms with Crippen LogP contribution in [-0.4, -0.2) is 42.4 Å². The molecule has 0 aromatic heterocycles. The van der Waals surface area contributed by atoms with Gasteiger partial charge in [-0.15, -0.1) is 0 Å². The van der Waals surface area contributed by atoms with Crippen molar-refractivity contribution in [1.29, 1.82) is 0 Å². The van der Waals surface area contributed by atoms with Crippen molar-refractivity contribution in [2.75, 3.05) is 26.7 Å². The summed E-state index contributed by atoms with van der Waals surface area (Å²) in [6, 6.07) is 5.49. The van der Waals surface area contributed by atoms with Crippen LogP contribution < -0.4 is 4.74 Å². The Balaban J connectivity index is 1.75. The van der Waals surface area contributed by atoms with E-state index in [1.165, 1.54) is 0 Å². The molecule has 1 fully saturated rings. The van der Waals surface area contributed by atoms with Crippen molar-refractivity contribution in [3.8, 4) is 5.75 Å². The van der Waals surface area contributed by atoms with Gasteiger partial charge >= 0.3 is 0 Å². The number of likely N-dealkylation sites (N-methyl/N-ethyl adjacent to an activating group) is 1. The van der Waals surface area contributed by atoms with E-state index in [1.807, 2.05) is 25.2 Å². The lowest BCUT2D eigenvalue weighted by Crippen LogP contribution is -2.40. The predicted octanol–water partition coefficient (Wildman–Crippen LogP) is 3.72. The molecule has 1 aromatic rings. The van der Waals surface area contributed by atoms with Crippen LogP contribution in [0.5, 0.6) is 5.75 Å². The Kier molecular flexibility index (Phi) is 5.73. The Morgan fingerprint density at radius 3 is 2.75 bits per heavy atom. The summed E-state index contributed by atoms with van der Waals surface area (Å²) in [4.78, 5) is 2.13. The molecule has 2 rings (SSSR count). The first-order chi connectivity index (χ1) is 9.48. The second-order valence-corrected chi connectivity index (χ2v) is 6.88. The molecule has 1 aliphatic rings. The maximum Gasteiger partial charge on any atom is 0.133 e. The fraction of sp³-hybridized carbons (Fsp3) is 0.600. The number of benzene rings is 1. The summed E-state index contributed by atoms with van der Waals surface area (Å²) in [5.41, 5.74) is -0.490. The number of aliphatic hydroxyl groups is 1. The number of hydrogen-bond donors (Lipinski definition) is 1. The minimum atomic E-state index is -0.490. The molecule has 1 N–H and O–H groups in total. The van der Waals surface area contributed by atoms with Gasteiger partial charge in [0, 0.05) is 18.1 Å². The molecular weight excluding hydrogens is 342 g/mol. The van der Waals surface area contributed by atoms with E-state index in [0.29, 0.717) is 11.6 Å². The highest BCUT2D eigenvalue weighted by Crippen LogP contribution is 2.30. The zero-order valence-electron chi connectivity index (χ0n) is 11.7. The summed E-state index contributed by atoms with van der Waals surface area (Å²) < 4.78 is 6.59. The third kappa shape index (κ3) is 4.62. The van der Waals surface area contributed by atoms with Crippen LogP contribution in [0.15, 0.2) is 22.7 Å². The molecule has 0 amide bonds. The molecule has 0 atom stereocenters. The van der Waals surface area contributed by atoms with Gasteiger partial charge in [-0.25, -0.2) is 0 Å². The van der Waals surface area contributed by atoms with Crippen molar-refractivity contribution in [3.05, 3.63) is 27.7 Å². The highest BCUT2D eigenvalue weighted by Gasteiger charge is 2.31. The molecule has 0 saturated heterocycles. The zero-order valence-corrected chi connectivity index (χ0v) is 14.1. The SMILES string of the molecule is CN(CCOc1ccc(Cl)cc1Br)CC1(O)CCCC1. The summed E-state index contributed by atoms with van der Waals surface area (Å²) in [6.45, 7) is 2.10. The molecule has 0 heterocycles. The maximum absolute atomic E-state index is 10.3. The standard InChI is InChI=1S/C15H21BrClNO2/c1-18(11-15(19)6-2-3-7-15)8-9-20-14-5-4-12(17)10-13(14)16/h4-5,10,19H,2-3,6-9,11H2,1H3. The van der Waals surface area contributed by atoms with Gasteiger partial charge in [0.2, 0.25) is 0 Å². The van der Waals surface area contributed by atoms with E-state index in [9.17, 15) is 5.11 Å². The van der Waals surface area contributed by atoms with Gasteiger partial charge < -0.3 is 14.7 Å². The van der Waals surface area contributed by atoms with Crippen molar-refractivity contribution < 1.29 is 9.84 Å². The van der Waals surface area contributed by atoms with Crippen LogP contribution in [0.4, 0.5) is 0 Å². The number of ether oxygens (including phenoxy) is 1. The largest absolute Gasteiger partial charge is 0.491 e. The van der Waals surface area contributed by atoms with E-state index in [4.69, 9.17) is 16.3 Å². The average Bonchev–Trinajstić information content (AvgIpc) is 2.78. The van der Waals surface area contributed by atoms with E-state index in [2.05, 4.69) is 20.8 Å². The molecule has 0 unspecified atom stereocenters. The van der Waals surface area contributed by atoms with Gasteiger partial charge in [-0.2, -0.15) is 0 Å². The number of halogens is 2. The van der Waals surface area contributed by atoms with Gasteiger partial charge in [0.15, 0.2) is 0 Å². The normalized spacial score (nSPS) is 17.6. The number of nitrogens with zero attached hydrogens (tertiary/aromatic N) is 1. The molecule has 3 nitrogen and oxygen atoms in total. The average molecular weight is 363 g/mol. The van der Waals surface area contributed by atoms with Crippen LogP contribution in [0.2, 0.25) is 5.02 Å². The van der Waals surface area contributed by atoms with Crippen LogP contribution in [0.25, 0.3) is 0 Å². The fourth-order valence-corrected chi connectivity index (χ4v) is 3.47. The van der Waals surface area contributed by atoms with Crippen molar-refractivity contribution in [3.63, 3.8) is 0 Å². The highest BCUT2D eigenvalue weighted by atomic mass is 79.9. The lowest BCUT2D eigenvalue weighted by molar-refractivity contribution is 0.0138. The second kappa shape index (κ2) is 7.12. The summed E-state index contributed by atoms with van der Waals surface area (Å²) in [7, 11) is 2.02. The topological polar surface area (TPSA) is 32.7 Å². The molecule has 20 heavy (non-hydrogen) atoms. The van der Waals surface area contributed by atoms with E-state index in [0.717, 1.165) is 49.0 Å². The van der Waals surface area contributed by atoms with E-state index < -0.39 is 5.60 Å². The van der Waals surface area contributed by atoms with Gasteiger partial charge in [-0.3, -0.25) is 0 Å². The molecule has 112 valence electrons. The zero-order chi connectivity index (χ0) is 14.6. The van der Waals surface area contributed by atoms with Crippen LogP contribution in [-0.2, 0) is 0 Å². The molecule has 5 heteroatoms. The van der Waals surface area contributed by atoms with Gasteiger partial charge in [-0.05, 0) is 54.0 Å². The molecule has 0 spiro atoms. The van der Waals surface area contributed by atoms with Crippen molar-refractivity contribution >= 4 is 27.5 Å². The summed E-state index contributed by atoms with van der Waals surface area (Å²) >= 11 is 9.32. The first-order valence-corrected chi connectivity index (χ1v) is 8.14. The lowest BCUT2D eigenvalue weighted by atomic mass is 10.0. The number of hydrogen-bond acceptors (Lipinski definition) is 3. The molecule has 1 aromatic carbocycles. The van der Waals surface area contributed by atoms with Crippen molar-refractivity contribution in [2.45, 2.75) is 31.3 Å². The van der Waals surface area contributed by atoms with Gasteiger partial charge in [-0.1, -0.05) is 24.4 Å². The molecule has 0 radical (unpaired) electrons. The third-order valence-electron chi connectivity index (χ3n) is 3.72. The fourth-order valence-electron chi connectivity index (χ4n) is 2.68. The molecule has 0 bridgehead atoms. The second-order valence-electron chi connectivity index (χ2n) is 5.59. The lowest BCUT2D eigenvalue weighted by Gasteiger charge is -2.28. The quantitative estimate of drug-likeness (QED) is 0.837. The van der Waals surface area contributed by atoms with Crippen LogP contribution in [0, 0.1) is 0 Å². The minimum absolute atomic E-state index is 0.490. The van der Waals surface area contributed by atoms with Gasteiger partial charge in [0.25, 0.3) is 0 Å². The minimum Gasteiger partial charge on any atom is -0.491 e. The van der Waals surface area contributed by atoms with Crippen molar-refractivity contribution in [2.24, 2.45) is 0 Å². The Labute approximate surface area is 134 Å². The Morgan fingerprint density at radius 2 is 2.10 bits per heavy atom. The summed E-state index contributed by atoms with van der Waals surface area (Å²) in [5, 5.41) is 11.0. The van der Waals surface area contributed by atoms with Gasteiger partial charge in [0.1, 0.15) is 12.4 Å². The first-order valence-electron chi connectivity index (χ1n) is 6.97. The molecule has 1 saturated carbocycles. The molecular formula is C15H21BrClNO2. The maximum atomic E-state index is 10.3. The number of rotatable bonds is 6. The van der Waals surface area contributed by atoms with E-state index in [1.54, 1.807) is 0 Å². The van der Waals surface area contributed by atoms with Crippen LogP contribution >= 0.6 is 27.5 Å². The summed E-state index contributed by atoms with van der Waals surface area (Å²) in [5.74, 6) is 0.794. The van der Waals surface area contributed by atoms with Crippen LogP contribution in [0.1, 0.15) is 25.7 Å². The summed E-state index contributed by atoms with van der Waals surface area (Å²) in [6.07, 6.45) is 4.11. The first kappa shape index (κ1) is 16.1. The predicted molar refractivity (Wildman–Crippen MR) is 85.6 cm³/mol. The smallest absolute Gasteiger partial charge is 0.133 e. The molecule has 1 aliphatic carbocycles. The van der Waals surface area contributed by atoms with Gasteiger partial charge in [0.05, 0.1) is 10.1 Å². The van der Waals surface area contributed by atoms with Crippen LogP contribution in [0.3, 0.4) is 0 Å². The Bertz CT molecular complexity index is 449. The third-order valence-corrected chi connectivity index (χ3v) is 4.58. The van der Waals surface area contributed by atoms with E-state index in [-0.39, 0.29) is 0 Å². The Morgan fingerprint density at radius 1 is 1.40 bits per heavy atom. The highest BCUT2D eigenvalue weighted by molar-refractivity contribution is 9.10. The van der Waals surface area contributed by atoms with Crippen molar-refractivity contribution in [1.82, 2.24) is 4.90 Å². The molecule has 0 aliphatic heterocycles. The van der Waals surface area contributed by atoms with E-state index >= 15 is 0 Å².